The van der Waals surface area contributed by atoms with Gasteiger partial charge in [0.05, 0.1) is 0 Å². The highest BCUT2D eigenvalue weighted by atomic mass is 14.9. The topological polar surface area (TPSA) is 12.0 Å². The molecule has 1 unspecified atom stereocenters. The van der Waals surface area contributed by atoms with Gasteiger partial charge in [0.1, 0.15) is 0 Å². The van der Waals surface area contributed by atoms with E-state index in [9.17, 15) is 0 Å². The molecule has 0 heterocycles. The molecule has 1 rings (SSSR count). The minimum atomic E-state index is 0.832. The number of rotatable bonds is 11. The molecule has 1 saturated carbocycles. The first kappa shape index (κ1) is 13.8. The molecule has 1 heteroatoms. The summed E-state index contributed by atoms with van der Waals surface area (Å²) in [5, 5.41) is 3.64. The van der Waals surface area contributed by atoms with Gasteiger partial charge in [-0.25, -0.2) is 0 Å². The molecule has 16 heavy (non-hydrogen) atoms. The molecule has 0 aromatic rings. The van der Waals surface area contributed by atoms with E-state index in [0.717, 1.165) is 18.5 Å². The third kappa shape index (κ3) is 6.32. The Morgan fingerprint density at radius 1 is 1.19 bits per heavy atom. The minimum absolute atomic E-state index is 0.832. The molecule has 1 aliphatic carbocycles. The lowest BCUT2D eigenvalue weighted by molar-refractivity contribution is 0.423. The third-order valence-electron chi connectivity index (χ3n) is 3.58. The lowest BCUT2D eigenvalue weighted by Gasteiger charge is -2.16. The molecular formula is C15H29N. The molecule has 1 atom stereocenters. The van der Waals surface area contributed by atoms with Crippen LogP contribution in [0, 0.1) is 5.92 Å². The van der Waals surface area contributed by atoms with Crippen molar-refractivity contribution in [1.29, 1.82) is 0 Å². The van der Waals surface area contributed by atoms with Crippen molar-refractivity contribution >= 4 is 0 Å². The minimum Gasteiger partial charge on any atom is -0.314 e. The first-order chi connectivity index (χ1) is 7.88. The Labute approximate surface area is 102 Å². The van der Waals surface area contributed by atoms with E-state index in [4.69, 9.17) is 0 Å². The summed E-state index contributed by atoms with van der Waals surface area (Å²) in [6.45, 7) is 7.12. The molecular weight excluding hydrogens is 194 g/mol. The van der Waals surface area contributed by atoms with Gasteiger partial charge in [0, 0.05) is 6.04 Å². The molecule has 1 nitrogen and oxygen atoms in total. The normalized spacial score (nSPS) is 17.3. The SMILES string of the molecule is C=CCCCCCCCC(NCC)C1CC1. The van der Waals surface area contributed by atoms with Crippen LogP contribution in [-0.2, 0) is 0 Å². The summed E-state index contributed by atoms with van der Waals surface area (Å²) >= 11 is 0. The first-order valence-corrected chi connectivity index (χ1v) is 7.22. The smallest absolute Gasteiger partial charge is 0.00952 e. The van der Waals surface area contributed by atoms with Crippen LogP contribution in [-0.4, -0.2) is 12.6 Å². The molecule has 0 bridgehead atoms. The van der Waals surface area contributed by atoms with E-state index >= 15 is 0 Å². The van der Waals surface area contributed by atoms with Crippen LogP contribution in [0.15, 0.2) is 12.7 Å². The van der Waals surface area contributed by atoms with Crippen molar-refractivity contribution in [1.82, 2.24) is 5.32 Å². The molecule has 0 spiro atoms. The summed E-state index contributed by atoms with van der Waals surface area (Å²) in [6, 6.07) is 0.832. The first-order valence-electron chi connectivity index (χ1n) is 7.22. The molecule has 0 aromatic carbocycles. The highest BCUT2D eigenvalue weighted by Crippen LogP contribution is 2.34. The number of nitrogens with one attached hydrogen (secondary N) is 1. The number of hydrogen-bond acceptors (Lipinski definition) is 1. The quantitative estimate of drug-likeness (QED) is 0.407. The Hall–Kier alpha value is -0.300. The number of hydrogen-bond donors (Lipinski definition) is 1. The summed E-state index contributed by atoms with van der Waals surface area (Å²) in [6.07, 6.45) is 14.6. The zero-order valence-corrected chi connectivity index (χ0v) is 11.0. The van der Waals surface area contributed by atoms with Crippen molar-refractivity contribution in [2.75, 3.05) is 6.54 Å². The molecule has 1 aliphatic rings. The Morgan fingerprint density at radius 3 is 2.50 bits per heavy atom. The molecule has 0 aliphatic heterocycles. The summed E-state index contributed by atoms with van der Waals surface area (Å²) in [5.74, 6) is 1.01. The molecule has 0 aromatic heterocycles. The van der Waals surface area contributed by atoms with Crippen molar-refractivity contribution in [2.24, 2.45) is 5.92 Å². The lowest BCUT2D eigenvalue weighted by atomic mass is 10.0. The van der Waals surface area contributed by atoms with E-state index in [-0.39, 0.29) is 0 Å². The van der Waals surface area contributed by atoms with E-state index < -0.39 is 0 Å². The van der Waals surface area contributed by atoms with Gasteiger partial charge in [-0.2, -0.15) is 0 Å². The fraction of sp³-hybridized carbons (Fsp3) is 0.867. The summed E-state index contributed by atoms with van der Waals surface area (Å²) in [7, 11) is 0. The van der Waals surface area contributed by atoms with Gasteiger partial charge in [0.15, 0.2) is 0 Å². The average Bonchev–Trinajstić information content (AvgIpc) is 3.10. The van der Waals surface area contributed by atoms with E-state index in [1.165, 1.54) is 57.8 Å². The molecule has 0 radical (unpaired) electrons. The van der Waals surface area contributed by atoms with Crippen LogP contribution in [0.25, 0.3) is 0 Å². The van der Waals surface area contributed by atoms with Crippen molar-refractivity contribution in [3.63, 3.8) is 0 Å². The maximum atomic E-state index is 3.76. The second kappa shape index (κ2) is 8.81. The van der Waals surface area contributed by atoms with Crippen LogP contribution >= 0.6 is 0 Å². The zero-order valence-electron chi connectivity index (χ0n) is 11.0. The predicted octanol–water partition coefficient (Wildman–Crippen LogP) is 4.29. The molecule has 0 amide bonds. The fourth-order valence-electron chi connectivity index (χ4n) is 2.45. The Bertz CT molecular complexity index is 172. The van der Waals surface area contributed by atoms with Crippen LogP contribution in [0.1, 0.15) is 64.7 Å². The van der Waals surface area contributed by atoms with Crippen LogP contribution in [0.5, 0.6) is 0 Å². The maximum Gasteiger partial charge on any atom is 0.00952 e. The largest absolute Gasteiger partial charge is 0.314 e. The number of allylic oxidation sites excluding steroid dienone is 1. The van der Waals surface area contributed by atoms with Crippen molar-refractivity contribution < 1.29 is 0 Å². The van der Waals surface area contributed by atoms with E-state index in [1.807, 2.05) is 6.08 Å². The Kier molecular flexibility index (Phi) is 7.58. The van der Waals surface area contributed by atoms with Gasteiger partial charge in [-0.15, -0.1) is 6.58 Å². The number of unbranched alkanes of at least 4 members (excludes halogenated alkanes) is 5. The standard InChI is InChI=1S/C15H29N/c1-3-5-6-7-8-9-10-11-15(16-4-2)14-12-13-14/h3,14-16H,1,4-13H2,2H3. The predicted molar refractivity (Wildman–Crippen MR) is 72.7 cm³/mol. The van der Waals surface area contributed by atoms with E-state index in [1.54, 1.807) is 0 Å². The van der Waals surface area contributed by atoms with E-state index in [0.29, 0.717) is 0 Å². The van der Waals surface area contributed by atoms with Crippen LogP contribution in [0.2, 0.25) is 0 Å². The van der Waals surface area contributed by atoms with Crippen LogP contribution in [0.4, 0.5) is 0 Å². The molecule has 1 N–H and O–H groups in total. The molecule has 0 saturated heterocycles. The van der Waals surface area contributed by atoms with Crippen LogP contribution in [0.3, 0.4) is 0 Å². The molecule has 94 valence electrons. The monoisotopic (exact) mass is 223 g/mol. The summed E-state index contributed by atoms with van der Waals surface area (Å²) < 4.78 is 0. The zero-order chi connectivity index (χ0) is 11.6. The van der Waals surface area contributed by atoms with Gasteiger partial charge in [-0.3, -0.25) is 0 Å². The second-order valence-corrected chi connectivity index (χ2v) is 5.14. The van der Waals surface area contributed by atoms with Gasteiger partial charge in [0.2, 0.25) is 0 Å². The third-order valence-corrected chi connectivity index (χ3v) is 3.58. The van der Waals surface area contributed by atoms with Crippen molar-refractivity contribution in [3.05, 3.63) is 12.7 Å². The van der Waals surface area contributed by atoms with Gasteiger partial charge < -0.3 is 5.32 Å². The lowest BCUT2D eigenvalue weighted by Crippen LogP contribution is -2.30. The van der Waals surface area contributed by atoms with Crippen LogP contribution < -0.4 is 5.32 Å². The van der Waals surface area contributed by atoms with Gasteiger partial charge in [-0.1, -0.05) is 38.7 Å². The highest BCUT2D eigenvalue weighted by molar-refractivity contribution is 4.85. The van der Waals surface area contributed by atoms with Crippen molar-refractivity contribution in [3.8, 4) is 0 Å². The second-order valence-electron chi connectivity index (χ2n) is 5.14. The summed E-state index contributed by atoms with van der Waals surface area (Å²) in [4.78, 5) is 0. The Balaban J connectivity index is 1.90. The average molecular weight is 223 g/mol. The van der Waals surface area contributed by atoms with Gasteiger partial charge >= 0.3 is 0 Å². The van der Waals surface area contributed by atoms with Gasteiger partial charge in [0.25, 0.3) is 0 Å². The fourth-order valence-corrected chi connectivity index (χ4v) is 2.45. The highest BCUT2D eigenvalue weighted by Gasteiger charge is 2.29. The van der Waals surface area contributed by atoms with E-state index in [2.05, 4.69) is 18.8 Å². The Morgan fingerprint density at radius 2 is 1.88 bits per heavy atom. The maximum absolute atomic E-state index is 3.76. The molecule has 1 fully saturated rings. The van der Waals surface area contributed by atoms with Crippen molar-refractivity contribution in [2.45, 2.75) is 70.8 Å². The van der Waals surface area contributed by atoms with Gasteiger partial charge in [-0.05, 0) is 44.6 Å². The summed E-state index contributed by atoms with van der Waals surface area (Å²) in [5.41, 5.74) is 0.